The van der Waals surface area contributed by atoms with E-state index < -0.39 is 11.0 Å². The monoisotopic (exact) mass is 385 g/mol. The zero-order valence-electron chi connectivity index (χ0n) is 16.0. The van der Waals surface area contributed by atoms with Crippen molar-refractivity contribution < 1.29 is 19.2 Å². The van der Waals surface area contributed by atoms with E-state index in [9.17, 15) is 19.7 Å². The fraction of sp³-hybridized carbons (Fsp3) is 0.300. The number of nitrogens with one attached hydrogen (secondary N) is 1. The maximum absolute atomic E-state index is 13.0. The van der Waals surface area contributed by atoms with Gasteiger partial charge < -0.3 is 15.0 Å². The highest BCUT2D eigenvalue weighted by Gasteiger charge is 2.27. The molecule has 1 unspecified atom stereocenters. The lowest BCUT2D eigenvalue weighted by molar-refractivity contribution is -0.385. The van der Waals surface area contributed by atoms with Crippen LogP contribution in [-0.4, -0.2) is 41.8 Å². The van der Waals surface area contributed by atoms with Crippen LogP contribution >= 0.6 is 0 Å². The van der Waals surface area contributed by atoms with Gasteiger partial charge in [-0.05, 0) is 24.6 Å². The molecule has 0 saturated carbocycles. The minimum absolute atomic E-state index is 0.121. The molecule has 148 valence electrons. The molecule has 28 heavy (non-hydrogen) atoms. The van der Waals surface area contributed by atoms with Crippen molar-refractivity contribution in [2.45, 2.75) is 25.9 Å². The average molecular weight is 385 g/mol. The predicted octanol–water partition coefficient (Wildman–Crippen LogP) is 2.31. The minimum Gasteiger partial charge on any atom is -0.497 e. The van der Waals surface area contributed by atoms with Gasteiger partial charge in [0.25, 0.3) is 5.69 Å². The van der Waals surface area contributed by atoms with E-state index in [1.54, 1.807) is 50.4 Å². The Balaban J connectivity index is 2.31. The summed E-state index contributed by atoms with van der Waals surface area (Å²) in [7, 11) is 3.04. The maximum Gasteiger partial charge on any atom is 0.273 e. The van der Waals surface area contributed by atoms with E-state index in [1.807, 2.05) is 6.07 Å². The zero-order valence-corrected chi connectivity index (χ0v) is 16.0. The number of nitrogens with zero attached hydrogens (tertiary/aromatic N) is 2. The van der Waals surface area contributed by atoms with E-state index >= 15 is 0 Å². The van der Waals surface area contributed by atoms with Crippen molar-refractivity contribution in [3.63, 3.8) is 0 Å². The normalized spacial score (nSPS) is 11.4. The number of likely N-dealkylation sites (N-methyl/N-ethyl adjacent to an activating group) is 1. The Labute approximate surface area is 163 Å². The molecule has 0 radical (unpaired) electrons. The van der Waals surface area contributed by atoms with Crippen molar-refractivity contribution >= 4 is 17.5 Å². The highest BCUT2D eigenvalue weighted by molar-refractivity contribution is 5.88. The lowest BCUT2D eigenvalue weighted by Crippen LogP contribution is -2.47. The molecule has 8 nitrogen and oxygen atoms in total. The van der Waals surface area contributed by atoms with Crippen LogP contribution in [0.25, 0.3) is 0 Å². The summed E-state index contributed by atoms with van der Waals surface area (Å²) >= 11 is 0. The van der Waals surface area contributed by atoms with E-state index in [2.05, 4.69) is 5.32 Å². The van der Waals surface area contributed by atoms with Crippen molar-refractivity contribution in [3.8, 4) is 5.75 Å². The molecule has 0 bridgehead atoms. The molecule has 8 heteroatoms. The van der Waals surface area contributed by atoms with Gasteiger partial charge in [0.2, 0.25) is 11.8 Å². The summed E-state index contributed by atoms with van der Waals surface area (Å²) in [6, 6.07) is 12.5. The molecular weight excluding hydrogens is 362 g/mol. The van der Waals surface area contributed by atoms with Crippen LogP contribution < -0.4 is 10.1 Å². The van der Waals surface area contributed by atoms with E-state index in [0.717, 1.165) is 5.56 Å². The summed E-state index contributed by atoms with van der Waals surface area (Å²) < 4.78 is 5.21. The fourth-order valence-corrected chi connectivity index (χ4v) is 2.86. The molecule has 0 fully saturated rings. The molecule has 0 aliphatic carbocycles. The largest absolute Gasteiger partial charge is 0.497 e. The lowest BCUT2D eigenvalue weighted by Gasteiger charge is -2.28. The minimum atomic E-state index is -0.744. The van der Waals surface area contributed by atoms with Crippen molar-refractivity contribution in [2.75, 3.05) is 14.2 Å². The first-order valence-electron chi connectivity index (χ1n) is 8.73. The third-order valence-corrected chi connectivity index (χ3v) is 4.43. The van der Waals surface area contributed by atoms with Gasteiger partial charge in [-0.1, -0.05) is 30.3 Å². The van der Waals surface area contributed by atoms with Crippen LogP contribution in [-0.2, 0) is 22.6 Å². The van der Waals surface area contributed by atoms with Crippen LogP contribution in [0, 0.1) is 10.1 Å². The topological polar surface area (TPSA) is 102 Å². The van der Waals surface area contributed by atoms with Crippen molar-refractivity contribution in [3.05, 3.63) is 69.8 Å². The summed E-state index contributed by atoms with van der Waals surface area (Å²) in [4.78, 5) is 37.3. The van der Waals surface area contributed by atoms with Gasteiger partial charge >= 0.3 is 0 Å². The quantitative estimate of drug-likeness (QED) is 0.555. The molecule has 0 aliphatic heterocycles. The number of nitro groups is 1. The molecule has 1 atom stereocenters. The Bertz CT molecular complexity index is 868. The second kappa shape index (κ2) is 9.50. The van der Waals surface area contributed by atoms with Gasteiger partial charge in [-0.2, -0.15) is 0 Å². The highest BCUT2D eigenvalue weighted by Crippen LogP contribution is 2.21. The first-order valence-corrected chi connectivity index (χ1v) is 8.73. The average Bonchev–Trinajstić information content (AvgIpc) is 2.71. The number of amides is 2. The number of benzene rings is 2. The number of ether oxygens (including phenoxy) is 1. The molecule has 2 aromatic carbocycles. The Morgan fingerprint density at radius 3 is 2.57 bits per heavy atom. The predicted molar refractivity (Wildman–Crippen MR) is 104 cm³/mol. The third kappa shape index (κ3) is 5.06. The van der Waals surface area contributed by atoms with E-state index in [1.165, 1.54) is 18.0 Å². The number of hydrogen-bond donors (Lipinski definition) is 1. The number of nitro benzene ring substituents is 1. The van der Waals surface area contributed by atoms with E-state index in [0.29, 0.717) is 11.3 Å². The van der Waals surface area contributed by atoms with Crippen molar-refractivity contribution in [1.82, 2.24) is 10.2 Å². The van der Waals surface area contributed by atoms with Crippen LogP contribution in [0.5, 0.6) is 5.75 Å². The summed E-state index contributed by atoms with van der Waals surface area (Å²) in [6.07, 6.45) is -0.178. The highest BCUT2D eigenvalue weighted by atomic mass is 16.6. The number of methoxy groups -OCH3 is 1. The van der Waals surface area contributed by atoms with Crippen LogP contribution in [0.15, 0.2) is 48.5 Å². The van der Waals surface area contributed by atoms with Gasteiger partial charge in [0, 0.05) is 25.2 Å². The first-order chi connectivity index (χ1) is 13.4. The van der Waals surface area contributed by atoms with Crippen LogP contribution in [0.1, 0.15) is 18.1 Å². The van der Waals surface area contributed by atoms with E-state index in [4.69, 9.17) is 4.74 Å². The molecule has 0 aliphatic rings. The summed E-state index contributed by atoms with van der Waals surface area (Å²) in [5, 5.41) is 13.8. The van der Waals surface area contributed by atoms with Crippen LogP contribution in [0.3, 0.4) is 0 Å². The number of rotatable bonds is 8. The number of para-hydroxylation sites is 1. The second-order valence-corrected chi connectivity index (χ2v) is 6.23. The van der Waals surface area contributed by atoms with Gasteiger partial charge in [0.1, 0.15) is 11.8 Å². The molecule has 0 spiro atoms. The molecular formula is C20H23N3O5. The molecule has 1 N–H and O–H groups in total. The van der Waals surface area contributed by atoms with Gasteiger partial charge in [-0.15, -0.1) is 0 Å². The van der Waals surface area contributed by atoms with Gasteiger partial charge in [-0.25, -0.2) is 0 Å². The maximum atomic E-state index is 13.0. The van der Waals surface area contributed by atoms with Gasteiger partial charge in [0.15, 0.2) is 0 Å². The van der Waals surface area contributed by atoms with Crippen molar-refractivity contribution in [2.24, 2.45) is 0 Å². The fourth-order valence-electron chi connectivity index (χ4n) is 2.86. The SMILES string of the molecule is CNC(=O)C(C)N(Cc1cccc(OC)c1)C(=O)Cc1ccccc1[N+](=O)[O-]. The molecule has 0 saturated heterocycles. The molecule has 0 heterocycles. The Kier molecular flexibility index (Phi) is 7.08. The number of carbonyl (C=O) groups is 2. The molecule has 0 aromatic heterocycles. The number of carbonyl (C=O) groups excluding carboxylic acids is 2. The molecule has 2 aromatic rings. The van der Waals surface area contributed by atoms with Crippen LogP contribution in [0.2, 0.25) is 0 Å². The van der Waals surface area contributed by atoms with Gasteiger partial charge in [-0.3, -0.25) is 19.7 Å². The summed E-state index contributed by atoms with van der Waals surface area (Å²) in [5.74, 6) is -0.0665. The zero-order chi connectivity index (χ0) is 20.7. The third-order valence-electron chi connectivity index (χ3n) is 4.43. The number of hydrogen-bond acceptors (Lipinski definition) is 5. The van der Waals surface area contributed by atoms with E-state index in [-0.39, 0.29) is 30.5 Å². The van der Waals surface area contributed by atoms with Gasteiger partial charge in [0.05, 0.1) is 18.5 Å². The molecule has 2 amide bonds. The smallest absolute Gasteiger partial charge is 0.273 e. The Hall–Kier alpha value is -3.42. The standard InChI is InChI=1S/C20H23N3O5/c1-14(20(25)21-2)22(13-15-7-6-9-17(11-15)28-3)19(24)12-16-8-4-5-10-18(16)23(26)27/h4-11,14H,12-13H2,1-3H3,(H,21,25). The first kappa shape index (κ1) is 20.9. The Morgan fingerprint density at radius 2 is 1.93 bits per heavy atom. The lowest BCUT2D eigenvalue weighted by atomic mass is 10.1. The van der Waals surface area contributed by atoms with Crippen molar-refractivity contribution in [1.29, 1.82) is 0 Å². The van der Waals surface area contributed by atoms with Crippen LogP contribution in [0.4, 0.5) is 5.69 Å². The molecule has 2 rings (SSSR count). The summed E-state index contributed by atoms with van der Waals surface area (Å²) in [6.45, 7) is 1.79. The second-order valence-electron chi connectivity index (χ2n) is 6.23. The summed E-state index contributed by atoms with van der Waals surface area (Å²) in [5.41, 5.74) is 0.966. The Morgan fingerprint density at radius 1 is 1.21 bits per heavy atom.